The van der Waals surface area contributed by atoms with Crippen LogP contribution < -0.4 is 0 Å². The van der Waals surface area contributed by atoms with Gasteiger partial charge in [-0.3, -0.25) is 4.98 Å². The summed E-state index contributed by atoms with van der Waals surface area (Å²) < 4.78 is 11.7. The van der Waals surface area contributed by atoms with Crippen LogP contribution in [0.4, 0.5) is 0 Å². The molecule has 2 aromatic carbocycles. The van der Waals surface area contributed by atoms with Gasteiger partial charge in [0.2, 0.25) is 0 Å². The van der Waals surface area contributed by atoms with Gasteiger partial charge in [0.1, 0.15) is 0 Å². The van der Waals surface area contributed by atoms with Crippen molar-refractivity contribution in [3.8, 4) is 0 Å². The van der Waals surface area contributed by atoms with Crippen molar-refractivity contribution in [3.63, 3.8) is 0 Å². The summed E-state index contributed by atoms with van der Waals surface area (Å²) >= 11 is 0. The summed E-state index contributed by atoms with van der Waals surface area (Å²) in [6.45, 7) is 7.61. The number of ether oxygens (including phenoxy) is 2. The number of aromatic carboxylic acids is 1. The van der Waals surface area contributed by atoms with E-state index in [0.29, 0.717) is 30.9 Å². The molecule has 3 aromatic rings. The number of aryl methyl sites for hydroxylation is 1. The lowest BCUT2D eigenvalue weighted by Gasteiger charge is -2.24. The Hall–Kier alpha value is -2.76. The average Bonchev–Trinajstić information content (AvgIpc) is 2.67. The van der Waals surface area contributed by atoms with Gasteiger partial charge in [-0.1, -0.05) is 56.3 Å². The molecule has 0 fully saturated rings. The minimum absolute atomic E-state index is 0.204. The van der Waals surface area contributed by atoms with Crippen LogP contribution in [0.2, 0.25) is 0 Å². The van der Waals surface area contributed by atoms with Gasteiger partial charge in [0.05, 0.1) is 43.2 Å². The average molecular weight is 393 g/mol. The number of benzene rings is 2. The predicted octanol–water partition coefficient (Wildman–Crippen LogP) is 5.00. The lowest BCUT2D eigenvalue weighted by Crippen LogP contribution is -2.25. The molecule has 0 saturated heterocycles. The second kappa shape index (κ2) is 9.16. The first-order valence-electron chi connectivity index (χ1n) is 9.68. The van der Waals surface area contributed by atoms with Crippen LogP contribution in [0.15, 0.2) is 54.6 Å². The molecule has 0 bridgehead atoms. The molecule has 0 atom stereocenters. The Balaban J connectivity index is 1.50. The van der Waals surface area contributed by atoms with Gasteiger partial charge in [0, 0.05) is 10.8 Å². The quantitative estimate of drug-likeness (QED) is 0.554. The summed E-state index contributed by atoms with van der Waals surface area (Å²) in [5.41, 5.74) is 3.40. The standard InChI is InChI=1S/C24H27NO4/c1-17-7-6-9-19(22(17)23(26)27)13-28-15-24(2,3)16-29-14-20-12-11-18-8-4-5-10-21(18)25-20/h4-12H,13-16H2,1-3H3,(H,26,27). The number of hydrogen-bond acceptors (Lipinski definition) is 4. The minimum Gasteiger partial charge on any atom is -0.478 e. The van der Waals surface area contributed by atoms with E-state index in [2.05, 4.69) is 24.9 Å². The molecular weight excluding hydrogens is 366 g/mol. The van der Waals surface area contributed by atoms with Crippen LogP contribution in [0.3, 0.4) is 0 Å². The number of pyridine rings is 1. The molecule has 1 N–H and O–H groups in total. The third-order valence-electron chi connectivity index (χ3n) is 4.72. The highest BCUT2D eigenvalue weighted by Gasteiger charge is 2.20. The van der Waals surface area contributed by atoms with Crippen LogP contribution >= 0.6 is 0 Å². The zero-order valence-electron chi connectivity index (χ0n) is 17.1. The fourth-order valence-electron chi connectivity index (χ4n) is 3.25. The predicted molar refractivity (Wildman–Crippen MR) is 113 cm³/mol. The third kappa shape index (κ3) is 5.62. The van der Waals surface area contributed by atoms with Crippen LogP contribution in [-0.4, -0.2) is 29.3 Å². The zero-order valence-corrected chi connectivity index (χ0v) is 17.1. The molecule has 3 rings (SSSR count). The van der Waals surface area contributed by atoms with E-state index in [-0.39, 0.29) is 12.0 Å². The normalized spacial score (nSPS) is 11.7. The molecule has 0 aliphatic rings. The highest BCUT2D eigenvalue weighted by atomic mass is 16.5. The number of carboxylic acids is 1. The van der Waals surface area contributed by atoms with Crippen molar-refractivity contribution >= 4 is 16.9 Å². The number of carboxylic acid groups (broad SMARTS) is 1. The summed E-state index contributed by atoms with van der Waals surface area (Å²) in [6, 6.07) is 17.5. The van der Waals surface area contributed by atoms with Gasteiger partial charge in [-0.25, -0.2) is 4.79 Å². The molecule has 1 heterocycles. The van der Waals surface area contributed by atoms with Crippen LogP contribution in [0, 0.1) is 12.3 Å². The molecular formula is C24H27NO4. The van der Waals surface area contributed by atoms with Crippen LogP contribution in [0.1, 0.15) is 41.0 Å². The van der Waals surface area contributed by atoms with E-state index in [1.54, 1.807) is 19.1 Å². The van der Waals surface area contributed by atoms with Crippen molar-refractivity contribution in [3.05, 3.63) is 77.0 Å². The van der Waals surface area contributed by atoms with E-state index >= 15 is 0 Å². The Morgan fingerprint density at radius 2 is 1.69 bits per heavy atom. The summed E-state index contributed by atoms with van der Waals surface area (Å²) in [4.78, 5) is 16.1. The van der Waals surface area contributed by atoms with Crippen molar-refractivity contribution in [2.45, 2.75) is 34.0 Å². The number of carbonyl (C=O) groups is 1. The highest BCUT2D eigenvalue weighted by Crippen LogP contribution is 2.20. The molecule has 0 radical (unpaired) electrons. The molecule has 0 aliphatic carbocycles. The first kappa shape index (κ1) is 21.0. The molecule has 29 heavy (non-hydrogen) atoms. The fourth-order valence-corrected chi connectivity index (χ4v) is 3.25. The second-order valence-corrected chi connectivity index (χ2v) is 8.06. The Bertz CT molecular complexity index is 997. The van der Waals surface area contributed by atoms with Gasteiger partial charge in [0.25, 0.3) is 0 Å². The molecule has 0 saturated carbocycles. The topological polar surface area (TPSA) is 68.7 Å². The number of para-hydroxylation sites is 1. The van der Waals surface area contributed by atoms with Gasteiger partial charge in [-0.2, -0.15) is 0 Å². The summed E-state index contributed by atoms with van der Waals surface area (Å²) in [5, 5.41) is 10.5. The molecule has 1 aromatic heterocycles. The first-order chi connectivity index (χ1) is 13.9. The minimum atomic E-state index is -0.924. The Kier molecular flexibility index (Phi) is 6.62. The highest BCUT2D eigenvalue weighted by molar-refractivity contribution is 5.91. The summed E-state index contributed by atoms with van der Waals surface area (Å²) in [6.07, 6.45) is 0. The Morgan fingerprint density at radius 3 is 2.45 bits per heavy atom. The number of fused-ring (bicyclic) bond motifs is 1. The van der Waals surface area contributed by atoms with Crippen LogP contribution in [0.25, 0.3) is 10.9 Å². The van der Waals surface area contributed by atoms with Crippen molar-refractivity contribution in [1.29, 1.82) is 0 Å². The smallest absolute Gasteiger partial charge is 0.336 e. The lowest BCUT2D eigenvalue weighted by atomic mass is 9.96. The van der Waals surface area contributed by atoms with Crippen molar-refractivity contribution in [2.24, 2.45) is 5.41 Å². The summed E-state index contributed by atoms with van der Waals surface area (Å²) in [7, 11) is 0. The summed E-state index contributed by atoms with van der Waals surface area (Å²) in [5.74, 6) is -0.924. The van der Waals surface area contributed by atoms with Crippen LogP contribution in [-0.2, 0) is 22.7 Å². The molecule has 5 heteroatoms. The van der Waals surface area contributed by atoms with E-state index in [9.17, 15) is 9.90 Å². The van der Waals surface area contributed by atoms with E-state index in [4.69, 9.17) is 9.47 Å². The molecule has 0 amide bonds. The SMILES string of the molecule is Cc1cccc(COCC(C)(C)COCc2ccc3ccccc3n2)c1C(=O)O. The van der Waals surface area contributed by atoms with Crippen molar-refractivity contribution < 1.29 is 19.4 Å². The fraction of sp³-hybridized carbons (Fsp3) is 0.333. The van der Waals surface area contributed by atoms with E-state index in [1.807, 2.05) is 36.4 Å². The van der Waals surface area contributed by atoms with Gasteiger partial charge in [-0.15, -0.1) is 0 Å². The van der Waals surface area contributed by atoms with Gasteiger partial charge < -0.3 is 14.6 Å². The first-order valence-corrected chi connectivity index (χ1v) is 9.68. The zero-order chi connectivity index (χ0) is 20.9. The molecule has 5 nitrogen and oxygen atoms in total. The molecule has 0 spiro atoms. The maximum atomic E-state index is 11.5. The maximum Gasteiger partial charge on any atom is 0.336 e. The Morgan fingerprint density at radius 1 is 0.966 bits per heavy atom. The lowest BCUT2D eigenvalue weighted by molar-refractivity contribution is -0.0151. The van der Waals surface area contributed by atoms with E-state index in [1.165, 1.54) is 0 Å². The van der Waals surface area contributed by atoms with Crippen molar-refractivity contribution in [1.82, 2.24) is 4.98 Å². The molecule has 0 aliphatic heterocycles. The van der Waals surface area contributed by atoms with Gasteiger partial charge in [-0.05, 0) is 30.2 Å². The van der Waals surface area contributed by atoms with Crippen molar-refractivity contribution in [2.75, 3.05) is 13.2 Å². The van der Waals surface area contributed by atoms with Gasteiger partial charge >= 0.3 is 5.97 Å². The van der Waals surface area contributed by atoms with E-state index in [0.717, 1.165) is 22.2 Å². The number of rotatable bonds is 9. The van der Waals surface area contributed by atoms with E-state index < -0.39 is 5.97 Å². The number of aromatic nitrogens is 1. The number of nitrogens with zero attached hydrogens (tertiary/aromatic N) is 1. The van der Waals surface area contributed by atoms with Gasteiger partial charge in [0.15, 0.2) is 0 Å². The second-order valence-electron chi connectivity index (χ2n) is 8.06. The molecule has 0 unspecified atom stereocenters. The monoisotopic (exact) mass is 393 g/mol. The Labute approximate surface area is 171 Å². The maximum absolute atomic E-state index is 11.5. The third-order valence-corrected chi connectivity index (χ3v) is 4.72. The van der Waals surface area contributed by atoms with Crippen LogP contribution in [0.5, 0.6) is 0 Å². The molecule has 152 valence electrons. The largest absolute Gasteiger partial charge is 0.478 e. The number of hydrogen-bond donors (Lipinski definition) is 1.